The Labute approximate surface area is 180 Å². The second kappa shape index (κ2) is 7.95. The van der Waals surface area contributed by atoms with E-state index >= 15 is 0 Å². The summed E-state index contributed by atoms with van der Waals surface area (Å²) in [5.74, 6) is 0.798. The number of hydrogen-bond acceptors (Lipinski definition) is 6. The number of fused-ring (bicyclic) bond motifs is 2. The van der Waals surface area contributed by atoms with Gasteiger partial charge in [-0.2, -0.15) is 0 Å². The average Bonchev–Trinajstić information content (AvgIpc) is 3.28. The lowest BCUT2D eigenvalue weighted by molar-refractivity contribution is 0.0280. The van der Waals surface area contributed by atoms with Crippen LogP contribution in [0.25, 0.3) is 22.4 Å². The Hall–Kier alpha value is -3.54. The molecule has 0 amide bonds. The fraction of sp³-hybridized carbons (Fsp3) is 0.280. The Morgan fingerprint density at radius 2 is 1.87 bits per heavy atom. The summed E-state index contributed by atoms with van der Waals surface area (Å²) >= 11 is 0. The van der Waals surface area contributed by atoms with Gasteiger partial charge in [-0.05, 0) is 55.9 Å². The number of benzene rings is 2. The second-order valence-electron chi connectivity index (χ2n) is 8.14. The van der Waals surface area contributed by atoms with Crippen LogP contribution < -0.4 is 0 Å². The molecule has 156 valence electrons. The molecule has 2 heterocycles. The van der Waals surface area contributed by atoms with E-state index in [4.69, 9.17) is 14.1 Å². The Morgan fingerprint density at radius 3 is 2.71 bits per heavy atom. The summed E-state index contributed by atoms with van der Waals surface area (Å²) in [5, 5.41) is 9.02. The standard InChI is InChI=1S/C25H23N3O3/c1-15-12-13-21-19(14-15)22(18-10-6-7-11-20(18)26-21)25(29)30-16(2)23-27-28-24(31-23)17-8-4-3-5-9-17/h3-11,15-16H,12-14H2,1-2H3/t15-,16-/m0/s1. The second-order valence-corrected chi connectivity index (χ2v) is 8.14. The van der Waals surface area contributed by atoms with E-state index in [2.05, 4.69) is 17.1 Å². The first-order valence-corrected chi connectivity index (χ1v) is 10.6. The van der Waals surface area contributed by atoms with Gasteiger partial charge in [0, 0.05) is 16.6 Å². The number of nitrogens with zero attached hydrogens (tertiary/aromatic N) is 3. The van der Waals surface area contributed by atoms with Crippen molar-refractivity contribution in [3.63, 3.8) is 0 Å². The lowest BCUT2D eigenvalue weighted by atomic mass is 9.84. The molecule has 2 atom stereocenters. The van der Waals surface area contributed by atoms with Crippen LogP contribution in [-0.4, -0.2) is 21.2 Å². The summed E-state index contributed by atoms with van der Waals surface area (Å²) in [4.78, 5) is 18.2. The van der Waals surface area contributed by atoms with Crippen LogP contribution in [0.3, 0.4) is 0 Å². The van der Waals surface area contributed by atoms with Gasteiger partial charge in [0.25, 0.3) is 5.89 Å². The van der Waals surface area contributed by atoms with E-state index in [0.29, 0.717) is 17.4 Å². The molecule has 5 rings (SSSR count). The molecule has 0 saturated heterocycles. The maximum absolute atomic E-state index is 13.4. The zero-order chi connectivity index (χ0) is 21.4. The molecular formula is C25H23N3O3. The zero-order valence-corrected chi connectivity index (χ0v) is 17.5. The van der Waals surface area contributed by atoms with E-state index in [0.717, 1.165) is 47.0 Å². The largest absolute Gasteiger partial charge is 0.449 e. The Kier molecular flexibility index (Phi) is 4.98. The molecule has 31 heavy (non-hydrogen) atoms. The maximum Gasteiger partial charge on any atom is 0.339 e. The topological polar surface area (TPSA) is 78.1 Å². The van der Waals surface area contributed by atoms with Crippen molar-refractivity contribution in [2.75, 3.05) is 0 Å². The van der Waals surface area contributed by atoms with Crippen LogP contribution >= 0.6 is 0 Å². The minimum Gasteiger partial charge on any atom is -0.449 e. The molecule has 0 radical (unpaired) electrons. The Balaban J connectivity index is 1.47. The minimum atomic E-state index is -0.666. The van der Waals surface area contributed by atoms with Crippen molar-refractivity contribution >= 4 is 16.9 Å². The number of carbonyl (C=O) groups is 1. The van der Waals surface area contributed by atoms with Gasteiger partial charge in [-0.1, -0.05) is 43.3 Å². The van der Waals surface area contributed by atoms with Crippen LogP contribution in [0.15, 0.2) is 59.0 Å². The van der Waals surface area contributed by atoms with Crippen LogP contribution in [0.5, 0.6) is 0 Å². The molecule has 2 aromatic carbocycles. The third kappa shape index (κ3) is 3.69. The molecule has 1 aliphatic rings. The average molecular weight is 413 g/mol. The summed E-state index contributed by atoms with van der Waals surface area (Å²) in [6, 6.07) is 17.3. The first-order valence-electron chi connectivity index (χ1n) is 10.6. The molecule has 0 spiro atoms. The van der Waals surface area contributed by atoms with Gasteiger partial charge in [0.2, 0.25) is 5.89 Å². The van der Waals surface area contributed by atoms with Gasteiger partial charge in [0.15, 0.2) is 6.10 Å². The molecule has 0 saturated carbocycles. The van der Waals surface area contributed by atoms with Crippen molar-refractivity contribution in [1.29, 1.82) is 0 Å². The highest BCUT2D eigenvalue weighted by Gasteiger charge is 2.28. The number of esters is 1. The van der Waals surface area contributed by atoms with E-state index in [9.17, 15) is 4.79 Å². The van der Waals surface area contributed by atoms with Gasteiger partial charge in [0.1, 0.15) is 0 Å². The smallest absolute Gasteiger partial charge is 0.339 e. The number of pyridine rings is 1. The van der Waals surface area contributed by atoms with Crippen molar-refractivity contribution in [3.8, 4) is 11.5 Å². The summed E-state index contributed by atoms with van der Waals surface area (Å²) in [7, 11) is 0. The molecule has 0 unspecified atom stereocenters. The molecule has 0 aliphatic heterocycles. The normalized spacial score (nSPS) is 16.6. The number of ether oxygens (including phenoxy) is 1. The van der Waals surface area contributed by atoms with Gasteiger partial charge < -0.3 is 9.15 Å². The van der Waals surface area contributed by atoms with E-state index in [1.165, 1.54) is 0 Å². The summed E-state index contributed by atoms with van der Waals surface area (Å²) in [5.41, 5.74) is 4.26. The third-order valence-corrected chi connectivity index (χ3v) is 5.80. The number of hydrogen-bond donors (Lipinski definition) is 0. The van der Waals surface area contributed by atoms with Gasteiger partial charge >= 0.3 is 5.97 Å². The Bertz CT molecular complexity index is 1250. The van der Waals surface area contributed by atoms with Crippen LogP contribution in [0.1, 0.15) is 53.9 Å². The van der Waals surface area contributed by atoms with Crippen LogP contribution in [-0.2, 0) is 17.6 Å². The van der Waals surface area contributed by atoms with Gasteiger partial charge in [0.05, 0.1) is 11.1 Å². The van der Waals surface area contributed by atoms with Gasteiger partial charge in [-0.25, -0.2) is 4.79 Å². The van der Waals surface area contributed by atoms with Crippen LogP contribution in [0.4, 0.5) is 0 Å². The molecule has 0 bridgehead atoms. The quantitative estimate of drug-likeness (QED) is 0.421. The lowest BCUT2D eigenvalue weighted by Gasteiger charge is -2.24. The first kappa shape index (κ1) is 19.4. The molecule has 0 fully saturated rings. The maximum atomic E-state index is 13.4. The number of rotatable bonds is 4. The fourth-order valence-corrected chi connectivity index (χ4v) is 4.16. The van der Waals surface area contributed by atoms with E-state index < -0.39 is 6.10 Å². The minimum absolute atomic E-state index is 0.271. The number of para-hydroxylation sites is 1. The summed E-state index contributed by atoms with van der Waals surface area (Å²) in [6.45, 7) is 3.96. The predicted octanol–water partition coefficient (Wildman–Crippen LogP) is 5.33. The predicted molar refractivity (Wildman–Crippen MR) is 116 cm³/mol. The number of aromatic nitrogens is 3. The first-order chi connectivity index (χ1) is 15.1. The molecule has 2 aromatic heterocycles. The molecular weight excluding hydrogens is 390 g/mol. The van der Waals surface area contributed by atoms with Crippen molar-refractivity contribution in [3.05, 3.63) is 77.3 Å². The van der Waals surface area contributed by atoms with Crippen molar-refractivity contribution in [2.45, 2.75) is 39.2 Å². The Morgan fingerprint density at radius 1 is 1.10 bits per heavy atom. The monoisotopic (exact) mass is 413 g/mol. The molecule has 6 nitrogen and oxygen atoms in total. The highest BCUT2D eigenvalue weighted by atomic mass is 16.6. The van der Waals surface area contributed by atoms with Gasteiger partial charge in [-0.15, -0.1) is 10.2 Å². The van der Waals surface area contributed by atoms with Crippen molar-refractivity contribution < 1.29 is 13.9 Å². The molecule has 1 aliphatic carbocycles. The SMILES string of the molecule is C[C@H]1CCc2nc3ccccc3c(C(=O)O[C@@H](C)c3nnc(-c4ccccc4)o3)c2C1. The number of aryl methyl sites for hydroxylation is 1. The fourth-order valence-electron chi connectivity index (χ4n) is 4.16. The van der Waals surface area contributed by atoms with E-state index in [1.54, 1.807) is 6.92 Å². The summed E-state index contributed by atoms with van der Waals surface area (Å²) in [6.07, 6.45) is 2.11. The summed E-state index contributed by atoms with van der Waals surface area (Å²) < 4.78 is 11.6. The van der Waals surface area contributed by atoms with Crippen LogP contribution in [0.2, 0.25) is 0 Å². The zero-order valence-electron chi connectivity index (χ0n) is 17.5. The molecule has 0 N–H and O–H groups in total. The van der Waals surface area contributed by atoms with Crippen molar-refractivity contribution in [1.82, 2.24) is 15.2 Å². The lowest BCUT2D eigenvalue weighted by Crippen LogP contribution is -2.20. The molecule has 6 heteroatoms. The number of carbonyl (C=O) groups excluding carboxylic acids is 1. The van der Waals surface area contributed by atoms with E-state index in [-0.39, 0.29) is 11.9 Å². The van der Waals surface area contributed by atoms with Crippen LogP contribution in [0, 0.1) is 5.92 Å². The van der Waals surface area contributed by atoms with E-state index in [1.807, 2.05) is 54.6 Å². The highest BCUT2D eigenvalue weighted by Crippen LogP contribution is 2.33. The molecule has 4 aromatic rings. The third-order valence-electron chi connectivity index (χ3n) is 5.80. The van der Waals surface area contributed by atoms with Gasteiger partial charge in [-0.3, -0.25) is 4.98 Å². The highest BCUT2D eigenvalue weighted by molar-refractivity contribution is 6.05. The van der Waals surface area contributed by atoms with Crippen molar-refractivity contribution in [2.24, 2.45) is 5.92 Å².